The monoisotopic (exact) mass is 163 g/mol. The molecule has 0 spiro atoms. The van der Waals surface area contributed by atoms with Crippen LogP contribution in [-0.4, -0.2) is 30.3 Å². The van der Waals surface area contributed by atoms with E-state index in [1.807, 2.05) is 39.5 Å². The molecule has 0 N–H and O–H groups in total. The van der Waals surface area contributed by atoms with Gasteiger partial charge in [-0.3, -0.25) is 4.98 Å². The highest BCUT2D eigenvalue weighted by Crippen LogP contribution is 2.00. The van der Waals surface area contributed by atoms with E-state index in [-0.39, 0.29) is 0 Å². The van der Waals surface area contributed by atoms with E-state index in [4.69, 9.17) is 0 Å². The maximum Gasteiger partial charge on any atom is 0.0560 e. The minimum absolute atomic E-state index is 1.06. The van der Waals surface area contributed by atoms with E-state index in [1.165, 1.54) is 5.56 Å². The molecule has 1 aromatic heterocycles. The Bertz CT molecular complexity index is 279. The summed E-state index contributed by atoms with van der Waals surface area (Å²) in [6.45, 7) is 2.04. The fourth-order valence-electron chi connectivity index (χ4n) is 0.789. The van der Waals surface area contributed by atoms with Gasteiger partial charge in [-0.1, -0.05) is 0 Å². The van der Waals surface area contributed by atoms with Gasteiger partial charge >= 0.3 is 0 Å². The molecule has 1 aromatic rings. The third-order valence-corrected chi connectivity index (χ3v) is 1.51. The number of aromatic nitrogens is 1. The van der Waals surface area contributed by atoms with Crippen molar-refractivity contribution in [1.82, 2.24) is 9.99 Å². The Morgan fingerprint density at radius 3 is 2.83 bits per heavy atom. The second-order valence-corrected chi connectivity index (χ2v) is 2.82. The van der Waals surface area contributed by atoms with E-state index in [0.29, 0.717) is 0 Å². The lowest BCUT2D eigenvalue weighted by atomic mass is 10.2. The SMILES string of the molecule is Cc1ccncc1/C=N\N(C)C. The number of pyridine rings is 1. The van der Waals surface area contributed by atoms with Gasteiger partial charge in [0.05, 0.1) is 6.21 Å². The minimum Gasteiger partial charge on any atom is -0.303 e. The van der Waals surface area contributed by atoms with Crippen LogP contribution in [0, 0.1) is 6.92 Å². The van der Waals surface area contributed by atoms with E-state index in [2.05, 4.69) is 10.1 Å². The number of nitrogens with zero attached hydrogens (tertiary/aromatic N) is 3. The van der Waals surface area contributed by atoms with Crippen molar-refractivity contribution in [1.29, 1.82) is 0 Å². The summed E-state index contributed by atoms with van der Waals surface area (Å²) in [5, 5.41) is 5.88. The summed E-state index contributed by atoms with van der Waals surface area (Å²) in [5.74, 6) is 0. The van der Waals surface area contributed by atoms with E-state index in [0.717, 1.165) is 5.56 Å². The van der Waals surface area contributed by atoms with Gasteiger partial charge in [0.2, 0.25) is 0 Å². The van der Waals surface area contributed by atoms with Crippen LogP contribution in [0.15, 0.2) is 23.6 Å². The van der Waals surface area contributed by atoms with Crippen molar-refractivity contribution in [3.05, 3.63) is 29.6 Å². The van der Waals surface area contributed by atoms with Crippen LogP contribution in [0.1, 0.15) is 11.1 Å². The summed E-state index contributed by atoms with van der Waals surface area (Å²) in [5.41, 5.74) is 2.25. The summed E-state index contributed by atoms with van der Waals surface area (Å²) in [6, 6.07) is 1.97. The van der Waals surface area contributed by atoms with Gasteiger partial charge in [0.1, 0.15) is 0 Å². The average molecular weight is 163 g/mol. The molecule has 0 bridgehead atoms. The first kappa shape index (κ1) is 8.71. The van der Waals surface area contributed by atoms with Crippen LogP contribution in [0.3, 0.4) is 0 Å². The minimum atomic E-state index is 1.06. The molecule has 0 amide bonds. The number of hydrogen-bond donors (Lipinski definition) is 0. The standard InChI is InChI=1S/C9H13N3/c1-8-4-5-10-6-9(8)7-11-12(2)3/h4-7H,1-3H3/b11-7-. The quantitative estimate of drug-likeness (QED) is 0.485. The maximum absolute atomic E-state index is 4.12. The number of hydrazone groups is 1. The van der Waals surface area contributed by atoms with Gasteiger partial charge < -0.3 is 5.01 Å². The molecular formula is C9H13N3. The molecule has 1 heterocycles. The molecule has 0 radical (unpaired) electrons. The number of aryl methyl sites for hydroxylation is 1. The molecule has 0 aliphatic heterocycles. The average Bonchev–Trinajstić information content (AvgIpc) is 2.03. The fraction of sp³-hybridized carbons (Fsp3) is 0.333. The molecule has 3 heteroatoms. The molecule has 0 saturated carbocycles. The van der Waals surface area contributed by atoms with Crippen LogP contribution in [-0.2, 0) is 0 Å². The number of hydrogen-bond acceptors (Lipinski definition) is 3. The lowest BCUT2D eigenvalue weighted by Gasteiger charge is -2.03. The van der Waals surface area contributed by atoms with E-state index >= 15 is 0 Å². The zero-order chi connectivity index (χ0) is 8.97. The first-order valence-electron chi connectivity index (χ1n) is 3.82. The first-order valence-corrected chi connectivity index (χ1v) is 3.82. The maximum atomic E-state index is 4.12. The van der Waals surface area contributed by atoms with Gasteiger partial charge in [-0.2, -0.15) is 5.10 Å². The summed E-state index contributed by atoms with van der Waals surface area (Å²) in [4.78, 5) is 4.01. The number of rotatable bonds is 2. The largest absolute Gasteiger partial charge is 0.303 e. The summed E-state index contributed by atoms with van der Waals surface area (Å²) in [6.07, 6.45) is 5.40. The third kappa shape index (κ3) is 2.34. The molecule has 3 nitrogen and oxygen atoms in total. The molecule has 0 aliphatic rings. The zero-order valence-corrected chi connectivity index (χ0v) is 7.65. The molecule has 64 valence electrons. The second kappa shape index (κ2) is 3.85. The molecule has 0 aromatic carbocycles. The Morgan fingerprint density at radius 1 is 1.50 bits per heavy atom. The van der Waals surface area contributed by atoms with Gasteiger partial charge in [-0.15, -0.1) is 0 Å². The van der Waals surface area contributed by atoms with Crippen molar-refractivity contribution in [2.75, 3.05) is 14.1 Å². The molecular weight excluding hydrogens is 150 g/mol. The second-order valence-electron chi connectivity index (χ2n) is 2.82. The van der Waals surface area contributed by atoms with Crippen molar-refractivity contribution in [2.45, 2.75) is 6.92 Å². The predicted molar refractivity (Wildman–Crippen MR) is 50.3 cm³/mol. The fourth-order valence-corrected chi connectivity index (χ4v) is 0.789. The van der Waals surface area contributed by atoms with Crippen LogP contribution in [0.5, 0.6) is 0 Å². The van der Waals surface area contributed by atoms with Crippen molar-refractivity contribution in [3.8, 4) is 0 Å². The topological polar surface area (TPSA) is 28.5 Å². The van der Waals surface area contributed by atoms with Crippen molar-refractivity contribution in [3.63, 3.8) is 0 Å². The van der Waals surface area contributed by atoms with E-state index in [1.54, 1.807) is 11.2 Å². The summed E-state index contributed by atoms with van der Waals surface area (Å²) >= 11 is 0. The molecule has 0 atom stereocenters. The van der Waals surface area contributed by atoms with Crippen molar-refractivity contribution in [2.24, 2.45) is 5.10 Å². The Balaban J connectivity index is 2.82. The van der Waals surface area contributed by atoms with Gasteiger partial charge in [0.25, 0.3) is 0 Å². The normalized spacial score (nSPS) is 10.6. The van der Waals surface area contributed by atoms with Crippen molar-refractivity contribution >= 4 is 6.21 Å². The van der Waals surface area contributed by atoms with Crippen molar-refractivity contribution < 1.29 is 0 Å². The first-order chi connectivity index (χ1) is 5.70. The zero-order valence-electron chi connectivity index (χ0n) is 7.65. The molecule has 12 heavy (non-hydrogen) atoms. The Morgan fingerprint density at radius 2 is 2.25 bits per heavy atom. The Kier molecular flexibility index (Phi) is 2.80. The predicted octanol–water partition coefficient (Wildman–Crippen LogP) is 1.29. The van der Waals surface area contributed by atoms with Crippen LogP contribution in [0.4, 0.5) is 0 Å². The summed E-state index contributed by atoms with van der Waals surface area (Å²) in [7, 11) is 3.78. The summed E-state index contributed by atoms with van der Waals surface area (Å²) < 4.78 is 0. The smallest absolute Gasteiger partial charge is 0.0560 e. The van der Waals surface area contributed by atoms with Gasteiger partial charge in [0, 0.05) is 32.1 Å². The van der Waals surface area contributed by atoms with E-state index in [9.17, 15) is 0 Å². The Hall–Kier alpha value is -1.38. The van der Waals surface area contributed by atoms with Gasteiger partial charge in [0.15, 0.2) is 0 Å². The molecule has 0 saturated heterocycles. The van der Waals surface area contributed by atoms with Gasteiger partial charge in [-0.05, 0) is 18.6 Å². The Labute approximate surface area is 72.7 Å². The lowest BCUT2D eigenvalue weighted by Crippen LogP contribution is -2.02. The van der Waals surface area contributed by atoms with Crippen LogP contribution in [0.25, 0.3) is 0 Å². The van der Waals surface area contributed by atoms with Crippen LogP contribution >= 0.6 is 0 Å². The highest BCUT2D eigenvalue weighted by Gasteiger charge is 1.91. The third-order valence-electron chi connectivity index (χ3n) is 1.51. The molecule has 0 fully saturated rings. The molecule has 0 aliphatic carbocycles. The molecule has 1 rings (SSSR count). The van der Waals surface area contributed by atoms with E-state index < -0.39 is 0 Å². The van der Waals surface area contributed by atoms with Gasteiger partial charge in [-0.25, -0.2) is 0 Å². The van der Waals surface area contributed by atoms with Crippen LogP contribution < -0.4 is 0 Å². The lowest BCUT2D eigenvalue weighted by molar-refractivity contribution is 0.440. The molecule has 0 unspecified atom stereocenters. The highest BCUT2D eigenvalue weighted by atomic mass is 15.4. The highest BCUT2D eigenvalue weighted by molar-refractivity contribution is 5.80. The van der Waals surface area contributed by atoms with Crippen LogP contribution in [0.2, 0.25) is 0 Å².